The van der Waals surface area contributed by atoms with Gasteiger partial charge >= 0.3 is 0 Å². The molecule has 1 unspecified atom stereocenters. The Morgan fingerprint density at radius 3 is 2.33 bits per heavy atom. The fourth-order valence-corrected chi connectivity index (χ4v) is 2.27. The lowest BCUT2D eigenvalue weighted by Gasteiger charge is -2.17. The number of hydrogen-bond donors (Lipinski definition) is 0. The van der Waals surface area contributed by atoms with Gasteiger partial charge in [0.1, 0.15) is 0 Å². The van der Waals surface area contributed by atoms with E-state index in [1.165, 1.54) is 5.75 Å². The lowest BCUT2D eigenvalue weighted by atomic mass is 10.7. The number of nitrogens with zero attached hydrogens (tertiary/aromatic N) is 1. The molecule has 0 aromatic heterocycles. The van der Waals surface area contributed by atoms with E-state index in [0.717, 1.165) is 0 Å². The van der Waals surface area contributed by atoms with E-state index in [1.807, 2.05) is 21.6 Å². The summed E-state index contributed by atoms with van der Waals surface area (Å²) in [7, 11) is 8.06. The Labute approximate surface area is 66.0 Å². The predicted molar refractivity (Wildman–Crippen MR) is 48.9 cm³/mol. The Morgan fingerprint density at radius 1 is 1.44 bits per heavy atom. The van der Waals surface area contributed by atoms with Crippen molar-refractivity contribution in [2.75, 3.05) is 19.8 Å². The van der Waals surface area contributed by atoms with Crippen molar-refractivity contribution < 1.29 is 0 Å². The van der Waals surface area contributed by atoms with Gasteiger partial charge in [-0.3, -0.25) is 4.90 Å². The molecular formula is C6H15NS2. The second kappa shape index (κ2) is 5.45. The van der Waals surface area contributed by atoms with Crippen LogP contribution in [0.2, 0.25) is 0 Å². The molecule has 0 aliphatic carbocycles. The third-order valence-electron chi connectivity index (χ3n) is 1.05. The van der Waals surface area contributed by atoms with E-state index < -0.39 is 0 Å². The van der Waals surface area contributed by atoms with Crippen LogP contribution in [0.15, 0.2) is 0 Å². The maximum atomic E-state index is 2.22. The molecule has 0 saturated carbocycles. The van der Waals surface area contributed by atoms with Crippen LogP contribution in [-0.2, 0) is 0 Å². The van der Waals surface area contributed by atoms with Gasteiger partial charge in [-0.25, -0.2) is 0 Å². The van der Waals surface area contributed by atoms with Crippen molar-refractivity contribution in [3.8, 4) is 0 Å². The smallest absolute Gasteiger partial charge is 0.0628 e. The van der Waals surface area contributed by atoms with Crippen molar-refractivity contribution in [2.45, 2.75) is 19.2 Å². The molecule has 3 heteroatoms. The molecule has 0 bridgehead atoms. The molecule has 0 rings (SSSR count). The van der Waals surface area contributed by atoms with Gasteiger partial charge < -0.3 is 0 Å². The highest BCUT2D eigenvalue weighted by Gasteiger charge is 2.02. The van der Waals surface area contributed by atoms with Gasteiger partial charge in [0, 0.05) is 5.75 Å². The first-order valence-electron chi connectivity index (χ1n) is 3.13. The lowest BCUT2D eigenvalue weighted by molar-refractivity contribution is 0.404. The summed E-state index contributed by atoms with van der Waals surface area (Å²) in [5.41, 5.74) is 0. The fourth-order valence-electron chi connectivity index (χ4n) is 0.253. The standard InChI is InChI=1S/C6H15NS2/c1-5-8-9-6(2)7(3)4/h6H,5H2,1-4H3. The molecule has 0 radical (unpaired) electrons. The Kier molecular flexibility index (Phi) is 5.84. The third-order valence-corrected chi connectivity index (χ3v) is 4.08. The number of rotatable bonds is 4. The molecule has 0 fully saturated rings. The molecule has 0 aromatic rings. The van der Waals surface area contributed by atoms with Crippen LogP contribution >= 0.6 is 21.6 Å². The summed E-state index contributed by atoms with van der Waals surface area (Å²) in [6, 6.07) is 0. The highest BCUT2D eigenvalue weighted by molar-refractivity contribution is 8.76. The second-order valence-electron chi connectivity index (χ2n) is 2.07. The molecule has 0 spiro atoms. The van der Waals surface area contributed by atoms with Crippen LogP contribution in [-0.4, -0.2) is 30.1 Å². The molecule has 9 heavy (non-hydrogen) atoms. The largest absolute Gasteiger partial charge is 0.297 e. The zero-order chi connectivity index (χ0) is 7.28. The van der Waals surface area contributed by atoms with Crippen LogP contribution in [0, 0.1) is 0 Å². The molecule has 0 aliphatic heterocycles. The SMILES string of the molecule is CCSSC(C)N(C)C. The van der Waals surface area contributed by atoms with Crippen molar-refractivity contribution in [3.05, 3.63) is 0 Å². The Hall–Kier alpha value is 0.660. The normalized spacial score (nSPS) is 14.3. The Bertz CT molecular complexity index is 66.1. The molecule has 0 aromatic carbocycles. The summed E-state index contributed by atoms with van der Waals surface area (Å²) < 4.78 is 0. The Balaban J connectivity index is 3.16. The minimum Gasteiger partial charge on any atom is -0.297 e. The first-order chi connectivity index (χ1) is 4.18. The van der Waals surface area contributed by atoms with Gasteiger partial charge in [0.25, 0.3) is 0 Å². The van der Waals surface area contributed by atoms with Crippen molar-refractivity contribution in [1.29, 1.82) is 0 Å². The average Bonchev–Trinajstić information content (AvgIpc) is 1.82. The van der Waals surface area contributed by atoms with Gasteiger partial charge in [0.2, 0.25) is 0 Å². The molecule has 0 amide bonds. The highest BCUT2D eigenvalue weighted by atomic mass is 33.1. The van der Waals surface area contributed by atoms with Crippen molar-refractivity contribution in [3.63, 3.8) is 0 Å². The molecule has 1 nitrogen and oxygen atoms in total. The molecule has 1 atom stereocenters. The van der Waals surface area contributed by atoms with Crippen molar-refractivity contribution in [1.82, 2.24) is 4.90 Å². The zero-order valence-electron chi connectivity index (χ0n) is 6.55. The first kappa shape index (κ1) is 9.66. The van der Waals surface area contributed by atoms with Crippen LogP contribution in [0.5, 0.6) is 0 Å². The topological polar surface area (TPSA) is 3.24 Å². The van der Waals surface area contributed by atoms with Gasteiger partial charge in [0.15, 0.2) is 0 Å². The summed E-state index contributed by atoms with van der Waals surface area (Å²) in [5.74, 6) is 1.20. The third kappa shape index (κ3) is 5.12. The minimum absolute atomic E-state index is 0.634. The molecule has 56 valence electrons. The molecule has 0 saturated heterocycles. The minimum atomic E-state index is 0.634. The van der Waals surface area contributed by atoms with Gasteiger partial charge in [-0.1, -0.05) is 28.5 Å². The fraction of sp³-hybridized carbons (Fsp3) is 1.00. The number of hydrogen-bond acceptors (Lipinski definition) is 3. The maximum absolute atomic E-state index is 2.22. The van der Waals surface area contributed by atoms with Crippen LogP contribution < -0.4 is 0 Å². The summed E-state index contributed by atoms with van der Waals surface area (Å²) in [4.78, 5) is 2.22. The monoisotopic (exact) mass is 165 g/mol. The summed E-state index contributed by atoms with van der Waals surface area (Å²) in [5, 5.41) is 0.634. The van der Waals surface area contributed by atoms with E-state index in [9.17, 15) is 0 Å². The van der Waals surface area contributed by atoms with Crippen LogP contribution in [0.1, 0.15) is 13.8 Å². The van der Waals surface area contributed by atoms with Crippen molar-refractivity contribution in [2.24, 2.45) is 0 Å². The van der Waals surface area contributed by atoms with E-state index in [-0.39, 0.29) is 0 Å². The van der Waals surface area contributed by atoms with Crippen LogP contribution in [0.4, 0.5) is 0 Å². The van der Waals surface area contributed by atoms with Crippen molar-refractivity contribution >= 4 is 21.6 Å². The average molecular weight is 165 g/mol. The van der Waals surface area contributed by atoms with Crippen LogP contribution in [0.25, 0.3) is 0 Å². The van der Waals surface area contributed by atoms with E-state index in [2.05, 4.69) is 32.8 Å². The molecule has 0 heterocycles. The maximum Gasteiger partial charge on any atom is 0.0628 e. The molecular weight excluding hydrogens is 150 g/mol. The van der Waals surface area contributed by atoms with Gasteiger partial charge in [-0.05, 0) is 21.0 Å². The predicted octanol–water partition coefficient (Wildman–Crippen LogP) is 2.30. The van der Waals surface area contributed by atoms with Gasteiger partial charge in [-0.2, -0.15) is 0 Å². The molecule has 0 aliphatic rings. The summed E-state index contributed by atoms with van der Waals surface area (Å²) in [6.45, 7) is 4.40. The van der Waals surface area contributed by atoms with E-state index in [1.54, 1.807) is 0 Å². The summed E-state index contributed by atoms with van der Waals surface area (Å²) in [6.07, 6.45) is 0. The Morgan fingerprint density at radius 2 is 2.00 bits per heavy atom. The van der Waals surface area contributed by atoms with Crippen LogP contribution in [0.3, 0.4) is 0 Å². The van der Waals surface area contributed by atoms with E-state index in [4.69, 9.17) is 0 Å². The molecule has 0 N–H and O–H groups in total. The second-order valence-corrected chi connectivity index (χ2v) is 5.04. The first-order valence-corrected chi connectivity index (χ1v) is 5.51. The summed E-state index contributed by atoms with van der Waals surface area (Å²) >= 11 is 0. The van der Waals surface area contributed by atoms with Gasteiger partial charge in [-0.15, -0.1) is 0 Å². The highest BCUT2D eigenvalue weighted by Crippen LogP contribution is 2.26. The zero-order valence-corrected chi connectivity index (χ0v) is 8.18. The van der Waals surface area contributed by atoms with Gasteiger partial charge in [0.05, 0.1) is 5.37 Å². The van der Waals surface area contributed by atoms with E-state index in [0.29, 0.717) is 5.37 Å². The lowest BCUT2D eigenvalue weighted by Crippen LogP contribution is -2.19. The van der Waals surface area contributed by atoms with E-state index >= 15 is 0 Å². The quantitative estimate of drug-likeness (QED) is 0.465.